The number of likely N-dealkylation sites (N-methyl/N-ethyl adjacent to an activating group) is 1. The van der Waals surface area contributed by atoms with Gasteiger partial charge in [0.25, 0.3) is 5.91 Å². The molecule has 3 aromatic rings. The van der Waals surface area contributed by atoms with E-state index in [1.165, 1.54) is 17.0 Å². The summed E-state index contributed by atoms with van der Waals surface area (Å²) in [5.41, 5.74) is 2.57. The SMILES string of the molecule is Cc1ccccc1-c1cc(=O)oc2cc(O/C(=C\O)C(=O)N(C)C)ccc12. The van der Waals surface area contributed by atoms with Crippen LogP contribution in [0.1, 0.15) is 5.56 Å². The molecule has 0 saturated carbocycles. The first-order valence-electron chi connectivity index (χ1n) is 8.28. The van der Waals surface area contributed by atoms with Gasteiger partial charge in [-0.05, 0) is 30.2 Å². The third-order valence-electron chi connectivity index (χ3n) is 4.11. The number of hydrogen-bond acceptors (Lipinski definition) is 5. The molecule has 2 aromatic carbocycles. The number of aliphatic hydroxyl groups is 1. The molecule has 0 unspecified atom stereocenters. The molecule has 1 aromatic heterocycles. The van der Waals surface area contributed by atoms with Crippen LogP contribution in [-0.4, -0.2) is 30.0 Å². The van der Waals surface area contributed by atoms with E-state index in [0.29, 0.717) is 11.8 Å². The van der Waals surface area contributed by atoms with E-state index in [-0.39, 0.29) is 11.5 Å². The van der Waals surface area contributed by atoms with Crippen LogP contribution in [0.4, 0.5) is 0 Å². The molecule has 0 atom stereocenters. The van der Waals surface area contributed by atoms with Crippen LogP contribution in [0, 0.1) is 6.92 Å². The smallest absolute Gasteiger partial charge is 0.336 e. The van der Waals surface area contributed by atoms with Crippen LogP contribution in [0.25, 0.3) is 22.1 Å². The normalized spacial score (nSPS) is 11.4. The first-order chi connectivity index (χ1) is 12.9. The van der Waals surface area contributed by atoms with E-state index in [9.17, 15) is 14.7 Å². The van der Waals surface area contributed by atoms with Crippen LogP contribution in [0.5, 0.6) is 5.75 Å². The molecule has 0 aliphatic rings. The van der Waals surface area contributed by atoms with Crippen molar-refractivity contribution in [2.45, 2.75) is 6.92 Å². The maximum absolute atomic E-state index is 12.1. The predicted molar refractivity (Wildman–Crippen MR) is 103 cm³/mol. The van der Waals surface area contributed by atoms with Crippen LogP contribution in [-0.2, 0) is 4.79 Å². The number of amides is 1. The lowest BCUT2D eigenvalue weighted by Crippen LogP contribution is -2.26. The molecule has 1 amide bonds. The van der Waals surface area contributed by atoms with Crippen molar-refractivity contribution in [3.63, 3.8) is 0 Å². The van der Waals surface area contributed by atoms with Gasteiger partial charge >= 0.3 is 5.63 Å². The molecule has 1 N–H and O–H groups in total. The molecule has 6 heteroatoms. The van der Waals surface area contributed by atoms with Gasteiger partial charge in [0, 0.05) is 37.2 Å². The number of aryl methyl sites for hydroxylation is 1. The van der Waals surface area contributed by atoms with E-state index in [4.69, 9.17) is 9.15 Å². The summed E-state index contributed by atoms with van der Waals surface area (Å²) in [6.07, 6.45) is 0.604. The Morgan fingerprint density at radius 2 is 1.85 bits per heavy atom. The molecular formula is C21H19NO5. The number of carbonyl (C=O) groups excluding carboxylic acids is 1. The molecule has 3 rings (SSSR count). The van der Waals surface area contributed by atoms with E-state index in [2.05, 4.69) is 0 Å². The van der Waals surface area contributed by atoms with Gasteiger partial charge in [-0.2, -0.15) is 0 Å². The summed E-state index contributed by atoms with van der Waals surface area (Å²) in [4.78, 5) is 25.3. The number of ether oxygens (including phenoxy) is 1. The summed E-state index contributed by atoms with van der Waals surface area (Å²) in [7, 11) is 3.09. The highest BCUT2D eigenvalue weighted by atomic mass is 16.5. The van der Waals surface area contributed by atoms with E-state index in [1.807, 2.05) is 31.2 Å². The number of aliphatic hydroxyl groups excluding tert-OH is 1. The zero-order chi connectivity index (χ0) is 19.6. The second-order valence-electron chi connectivity index (χ2n) is 6.25. The molecule has 0 aliphatic carbocycles. The van der Waals surface area contributed by atoms with Gasteiger partial charge in [-0.3, -0.25) is 4.79 Å². The zero-order valence-corrected chi connectivity index (χ0v) is 15.2. The van der Waals surface area contributed by atoms with Crippen molar-refractivity contribution in [1.29, 1.82) is 0 Å². The minimum Gasteiger partial charge on any atom is -0.511 e. The molecule has 27 heavy (non-hydrogen) atoms. The van der Waals surface area contributed by atoms with Gasteiger partial charge < -0.3 is 19.2 Å². The first kappa shape index (κ1) is 18.3. The second kappa shape index (κ2) is 7.37. The van der Waals surface area contributed by atoms with Crippen LogP contribution in [0.15, 0.2) is 69.8 Å². The van der Waals surface area contributed by atoms with Crippen LogP contribution in [0.3, 0.4) is 0 Å². The Kier molecular flexibility index (Phi) is 4.98. The van der Waals surface area contributed by atoms with Gasteiger partial charge in [-0.25, -0.2) is 4.79 Å². The summed E-state index contributed by atoms with van der Waals surface area (Å²) >= 11 is 0. The highest BCUT2D eigenvalue weighted by Crippen LogP contribution is 2.31. The molecule has 6 nitrogen and oxygen atoms in total. The average Bonchev–Trinajstić information content (AvgIpc) is 2.65. The molecule has 1 heterocycles. The summed E-state index contributed by atoms with van der Waals surface area (Å²) in [5.74, 6) is -0.465. The lowest BCUT2D eigenvalue weighted by Gasteiger charge is -2.14. The molecule has 0 saturated heterocycles. The summed E-state index contributed by atoms with van der Waals surface area (Å²) in [6.45, 7) is 1.97. The Balaban J connectivity index is 2.08. The monoisotopic (exact) mass is 365 g/mol. The third kappa shape index (κ3) is 3.69. The molecule has 138 valence electrons. The third-order valence-corrected chi connectivity index (χ3v) is 4.11. The first-order valence-corrected chi connectivity index (χ1v) is 8.28. The number of nitrogens with zero attached hydrogens (tertiary/aromatic N) is 1. The Morgan fingerprint density at radius 1 is 1.11 bits per heavy atom. The lowest BCUT2D eigenvalue weighted by molar-refractivity contribution is -0.127. The number of carbonyl (C=O) groups is 1. The number of fused-ring (bicyclic) bond motifs is 1. The fourth-order valence-corrected chi connectivity index (χ4v) is 2.78. The van der Waals surface area contributed by atoms with Crippen LogP contribution in [0.2, 0.25) is 0 Å². The Labute approximate surface area is 155 Å². The van der Waals surface area contributed by atoms with Crippen molar-refractivity contribution in [2.75, 3.05) is 14.1 Å². The van der Waals surface area contributed by atoms with Crippen molar-refractivity contribution in [1.82, 2.24) is 4.90 Å². The highest BCUT2D eigenvalue weighted by Gasteiger charge is 2.16. The van der Waals surface area contributed by atoms with E-state index in [1.54, 1.807) is 26.2 Å². The van der Waals surface area contributed by atoms with Crippen molar-refractivity contribution in [3.05, 3.63) is 76.5 Å². The Hall–Kier alpha value is -3.54. The minimum absolute atomic E-state index is 0.239. The minimum atomic E-state index is -0.493. The summed E-state index contributed by atoms with van der Waals surface area (Å²) in [6, 6.07) is 14.1. The summed E-state index contributed by atoms with van der Waals surface area (Å²) in [5, 5.41) is 10.0. The Bertz CT molecular complexity index is 1100. The maximum Gasteiger partial charge on any atom is 0.336 e. The predicted octanol–water partition coefficient (Wildman–Crippen LogP) is 3.63. The van der Waals surface area contributed by atoms with Crippen molar-refractivity contribution in [2.24, 2.45) is 0 Å². The molecule has 0 aliphatic heterocycles. The van der Waals surface area contributed by atoms with Crippen molar-refractivity contribution in [3.8, 4) is 16.9 Å². The van der Waals surface area contributed by atoms with Gasteiger partial charge in [0.05, 0.1) is 0 Å². The fourth-order valence-electron chi connectivity index (χ4n) is 2.78. The number of hydrogen-bond donors (Lipinski definition) is 1. The van der Waals surface area contributed by atoms with Gasteiger partial charge in [0.1, 0.15) is 17.6 Å². The highest BCUT2D eigenvalue weighted by molar-refractivity contribution is 5.95. The number of rotatable bonds is 4. The van der Waals surface area contributed by atoms with Crippen molar-refractivity contribution < 1.29 is 19.1 Å². The van der Waals surface area contributed by atoms with Gasteiger partial charge in [-0.1, -0.05) is 24.3 Å². The average molecular weight is 365 g/mol. The quantitative estimate of drug-likeness (QED) is 0.434. The molecule has 0 bridgehead atoms. The molecule has 0 spiro atoms. The fraction of sp³-hybridized carbons (Fsp3) is 0.143. The van der Waals surface area contributed by atoms with Crippen LogP contribution >= 0.6 is 0 Å². The van der Waals surface area contributed by atoms with E-state index >= 15 is 0 Å². The number of benzene rings is 2. The Morgan fingerprint density at radius 3 is 2.52 bits per heavy atom. The van der Waals surface area contributed by atoms with E-state index in [0.717, 1.165) is 22.1 Å². The zero-order valence-electron chi connectivity index (χ0n) is 15.2. The molecular weight excluding hydrogens is 346 g/mol. The van der Waals surface area contributed by atoms with Crippen molar-refractivity contribution >= 4 is 16.9 Å². The van der Waals surface area contributed by atoms with Gasteiger partial charge in [0.15, 0.2) is 0 Å². The second-order valence-corrected chi connectivity index (χ2v) is 6.25. The van der Waals surface area contributed by atoms with Gasteiger partial charge in [-0.15, -0.1) is 0 Å². The topological polar surface area (TPSA) is 80.0 Å². The molecule has 0 radical (unpaired) electrons. The summed E-state index contributed by atoms with van der Waals surface area (Å²) < 4.78 is 10.8. The maximum atomic E-state index is 12.1. The molecule has 0 fully saturated rings. The van der Waals surface area contributed by atoms with Crippen LogP contribution < -0.4 is 10.4 Å². The van der Waals surface area contributed by atoms with Gasteiger partial charge in [0.2, 0.25) is 5.76 Å². The standard InChI is InChI=1S/C21H19NO5/c1-13-6-4-5-7-15(13)17-11-20(24)27-18-10-14(8-9-16(17)18)26-19(12-23)21(25)22(2)3/h4-12,23H,1-3H3/b19-12-. The largest absolute Gasteiger partial charge is 0.511 e. The lowest BCUT2D eigenvalue weighted by atomic mass is 9.98. The van der Waals surface area contributed by atoms with E-state index < -0.39 is 11.5 Å².